The van der Waals surface area contributed by atoms with Gasteiger partial charge in [-0.3, -0.25) is 9.36 Å². The van der Waals surface area contributed by atoms with Crippen molar-refractivity contribution in [2.45, 2.75) is 37.4 Å². The van der Waals surface area contributed by atoms with Gasteiger partial charge in [-0.25, -0.2) is 0 Å². The Hall–Kier alpha value is -3.00. The van der Waals surface area contributed by atoms with Crippen molar-refractivity contribution < 1.29 is 14.3 Å². The molecule has 2 heterocycles. The van der Waals surface area contributed by atoms with Gasteiger partial charge in [-0.1, -0.05) is 36.0 Å². The monoisotopic (exact) mass is 436 g/mol. The van der Waals surface area contributed by atoms with Crippen LogP contribution in [0.2, 0.25) is 0 Å². The topological polar surface area (TPSA) is 69.5 Å². The van der Waals surface area contributed by atoms with Crippen LogP contribution in [0.4, 0.5) is 0 Å². The van der Waals surface area contributed by atoms with E-state index in [0.717, 1.165) is 46.6 Å². The van der Waals surface area contributed by atoms with E-state index in [0.29, 0.717) is 24.8 Å². The second kappa shape index (κ2) is 8.63. The Morgan fingerprint density at radius 3 is 2.71 bits per heavy atom. The molecule has 31 heavy (non-hydrogen) atoms. The fourth-order valence-corrected chi connectivity index (χ4v) is 4.52. The highest BCUT2D eigenvalue weighted by Gasteiger charge is 2.31. The highest BCUT2D eigenvalue weighted by molar-refractivity contribution is 7.99. The highest BCUT2D eigenvalue weighted by atomic mass is 32.2. The lowest BCUT2D eigenvalue weighted by molar-refractivity contribution is -0.128. The summed E-state index contributed by atoms with van der Waals surface area (Å²) in [5.74, 6) is 3.33. The summed E-state index contributed by atoms with van der Waals surface area (Å²) in [5, 5.41) is 9.61. The lowest BCUT2D eigenvalue weighted by Crippen LogP contribution is -2.31. The van der Waals surface area contributed by atoms with E-state index in [-0.39, 0.29) is 12.7 Å². The van der Waals surface area contributed by atoms with Crippen molar-refractivity contribution in [1.29, 1.82) is 0 Å². The van der Waals surface area contributed by atoms with E-state index >= 15 is 0 Å². The number of aromatic nitrogens is 3. The molecule has 1 saturated carbocycles. The standard InChI is InChI=1S/C23H24N4O3S/c1-2-26(13-16-8-11-19-20(12-16)30-15-29-19)21(28)14-31-23-25-24-22(17-9-10-17)27(23)18-6-4-3-5-7-18/h3-8,11-12,17H,2,9-10,13-15H2,1H3. The van der Waals surface area contributed by atoms with E-state index in [1.165, 1.54) is 11.8 Å². The Kier molecular flexibility index (Phi) is 5.55. The molecule has 0 radical (unpaired) electrons. The number of amides is 1. The molecule has 7 nitrogen and oxygen atoms in total. The number of nitrogens with zero attached hydrogens (tertiary/aromatic N) is 4. The molecule has 1 aliphatic carbocycles. The van der Waals surface area contributed by atoms with E-state index in [1.54, 1.807) is 0 Å². The van der Waals surface area contributed by atoms with Gasteiger partial charge in [0.25, 0.3) is 0 Å². The van der Waals surface area contributed by atoms with E-state index in [2.05, 4.69) is 26.9 Å². The van der Waals surface area contributed by atoms with Crippen molar-refractivity contribution >= 4 is 17.7 Å². The number of ether oxygens (including phenoxy) is 2. The summed E-state index contributed by atoms with van der Waals surface area (Å²) in [6, 6.07) is 15.9. The molecule has 1 fully saturated rings. The second-order valence-corrected chi connectivity index (χ2v) is 8.61. The third-order valence-corrected chi connectivity index (χ3v) is 6.40. The zero-order valence-electron chi connectivity index (χ0n) is 17.4. The maximum absolute atomic E-state index is 13.0. The van der Waals surface area contributed by atoms with Crippen LogP contribution in [0.15, 0.2) is 53.7 Å². The molecule has 8 heteroatoms. The molecule has 1 aliphatic heterocycles. The summed E-state index contributed by atoms with van der Waals surface area (Å²) in [7, 11) is 0. The number of thioether (sulfide) groups is 1. The molecule has 0 N–H and O–H groups in total. The fraction of sp³-hybridized carbons (Fsp3) is 0.348. The lowest BCUT2D eigenvalue weighted by Gasteiger charge is -2.21. The van der Waals surface area contributed by atoms with Gasteiger partial charge < -0.3 is 14.4 Å². The Labute approximate surface area is 185 Å². The molecule has 160 valence electrons. The first-order valence-electron chi connectivity index (χ1n) is 10.5. The zero-order chi connectivity index (χ0) is 21.2. The summed E-state index contributed by atoms with van der Waals surface area (Å²) < 4.78 is 12.9. The van der Waals surface area contributed by atoms with E-state index < -0.39 is 0 Å². The third-order valence-electron chi connectivity index (χ3n) is 5.48. The second-order valence-electron chi connectivity index (χ2n) is 7.67. The maximum Gasteiger partial charge on any atom is 0.233 e. The van der Waals surface area contributed by atoms with Gasteiger partial charge in [-0.15, -0.1) is 10.2 Å². The fourth-order valence-electron chi connectivity index (χ4n) is 3.65. The van der Waals surface area contributed by atoms with Crippen LogP contribution in [0.5, 0.6) is 11.5 Å². The summed E-state index contributed by atoms with van der Waals surface area (Å²) in [6.07, 6.45) is 2.29. The van der Waals surface area contributed by atoms with Crippen LogP contribution >= 0.6 is 11.8 Å². The predicted octanol–water partition coefficient (Wildman–Crippen LogP) is 4.01. The van der Waals surface area contributed by atoms with Crippen LogP contribution in [-0.2, 0) is 11.3 Å². The molecule has 2 aromatic carbocycles. The van der Waals surface area contributed by atoms with Crippen LogP contribution < -0.4 is 9.47 Å². The number of fused-ring (bicyclic) bond motifs is 1. The Bertz CT molecular complexity index is 1080. The van der Waals surface area contributed by atoms with E-state index in [9.17, 15) is 4.79 Å². The van der Waals surface area contributed by atoms with Crippen molar-refractivity contribution in [2.24, 2.45) is 0 Å². The quantitative estimate of drug-likeness (QED) is 0.497. The summed E-state index contributed by atoms with van der Waals surface area (Å²) in [5.41, 5.74) is 2.06. The van der Waals surface area contributed by atoms with Gasteiger partial charge in [0.15, 0.2) is 16.7 Å². The number of carbonyl (C=O) groups excluding carboxylic acids is 1. The van der Waals surface area contributed by atoms with Gasteiger partial charge in [-0.2, -0.15) is 0 Å². The summed E-state index contributed by atoms with van der Waals surface area (Å²) in [6.45, 7) is 3.40. The molecule has 0 bridgehead atoms. The van der Waals surface area contributed by atoms with Crippen molar-refractivity contribution in [3.05, 3.63) is 59.9 Å². The largest absolute Gasteiger partial charge is 0.454 e. The minimum absolute atomic E-state index is 0.0701. The molecule has 1 aromatic heterocycles. The number of rotatable bonds is 8. The molecule has 0 saturated heterocycles. The molecule has 0 spiro atoms. The Balaban J connectivity index is 1.28. The zero-order valence-corrected chi connectivity index (χ0v) is 18.2. The first-order valence-corrected chi connectivity index (χ1v) is 11.5. The predicted molar refractivity (Wildman–Crippen MR) is 118 cm³/mol. The minimum atomic E-state index is 0.0701. The van der Waals surface area contributed by atoms with Crippen LogP contribution in [-0.4, -0.2) is 44.7 Å². The molecule has 0 atom stereocenters. The molecule has 1 amide bonds. The highest BCUT2D eigenvalue weighted by Crippen LogP contribution is 2.41. The molecule has 3 aromatic rings. The summed E-state index contributed by atoms with van der Waals surface area (Å²) in [4.78, 5) is 14.8. The van der Waals surface area contributed by atoms with Gasteiger partial charge in [0, 0.05) is 24.7 Å². The SMILES string of the molecule is CCN(Cc1ccc2c(c1)OCO2)C(=O)CSc1nnc(C2CC2)n1-c1ccccc1. The molecular formula is C23H24N4O3S. The number of hydrogen-bond acceptors (Lipinski definition) is 6. The molecule has 5 rings (SSSR count). The van der Waals surface area contributed by atoms with Gasteiger partial charge >= 0.3 is 0 Å². The lowest BCUT2D eigenvalue weighted by atomic mass is 10.2. The minimum Gasteiger partial charge on any atom is -0.454 e. The normalized spacial score (nSPS) is 14.6. The maximum atomic E-state index is 13.0. The van der Waals surface area contributed by atoms with Gasteiger partial charge in [0.2, 0.25) is 12.7 Å². The Morgan fingerprint density at radius 1 is 1.13 bits per heavy atom. The number of para-hydroxylation sites is 1. The van der Waals surface area contributed by atoms with Gasteiger partial charge in [0.05, 0.1) is 5.75 Å². The van der Waals surface area contributed by atoms with Gasteiger partial charge in [-0.05, 0) is 49.6 Å². The van der Waals surface area contributed by atoms with Crippen LogP contribution in [0, 0.1) is 0 Å². The van der Waals surface area contributed by atoms with Gasteiger partial charge in [0.1, 0.15) is 5.82 Å². The van der Waals surface area contributed by atoms with E-state index in [4.69, 9.17) is 9.47 Å². The average Bonchev–Trinajstić information content (AvgIpc) is 3.39. The van der Waals surface area contributed by atoms with Crippen molar-refractivity contribution in [3.63, 3.8) is 0 Å². The number of hydrogen-bond donors (Lipinski definition) is 0. The average molecular weight is 437 g/mol. The van der Waals surface area contributed by atoms with E-state index in [1.807, 2.05) is 48.2 Å². The molecule has 2 aliphatic rings. The molecule has 0 unspecified atom stereocenters. The number of benzene rings is 2. The van der Waals surface area contributed by atoms with Crippen LogP contribution in [0.3, 0.4) is 0 Å². The first-order chi connectivity index (χ1) is 15.2. The van der Waals surface area contributed by atoms with Crippen molar-refractivity contribution in [2.75, 3.05) is 19.1 Å². The Morgan fingerprint density at radius 2 is 1.94 bits per heavy atom. The smallest absolute Gasteiger partial charge is 0.233 e. The van der Waals surface area contributed by atoms with Crippen LogP contribution in [0.25, 0.3) is 5.69 Å². The van der Waals surface area contributed by atoms with Crippen molar-refractivity contribution in [3.8, 4) is 17.2 Å². The van der Waals surface area contributed by atoms with Crippen molar-refractivity contribution in [1.82, 2.24) is 19.7 Å². The third kappa shape index (κ3) is 4.25. The molecular weight excluding hydrogens is 412 g/mol. The number of carbonyl (C=O) groups is 1. The summed E-state index contributed by atoms with van der Waals surface area (Å²) >= 11 is 1.44. The first kappa shape index (κ1) is 19.9. The van der Waals surface area contributed by atoms with Crippen LogP contribution in [0.1, 0.15) is 37.1 Å².